The first-order chi connectivity index (χ1) is 8.95. The molecule has 19 heavy (non-hydrogen) atoms. The van der Waals surface area contributed by atoms with E-state index in [9.17, 15) is 8.42 Å². The Bertz CT molecular complexity index is 544. The summed E-state index contributed by atoms with van der Waals surface area (Å²) >= 11 is 6.05. The number of rotatable bonds is 4. The second-order valence-corrected chi connectivity index (χ2v) is 7.90. The lowest BCUT2D eigenvalue weighted by Gasteiger charge is -2.20. The van der Waals surface area contributed by atoms with Gasteiger partial charge < -0.3 is 5.32 Å². The quantitative estimate of drug-likeness (QED) is 0.930. The molecule has 1 N–H and O–H groups in total. The fraction of sp³-hybridized carbons (Fsp3) is 0.571. The summed E-state index contributed by atoms with van der Waals surface area (Å²) in [4.78, 5) is 0. The van der Waals surface area contributed by atoms with Gasteiger partial charge in [0.25, 0.3) is 0 Å². The van der Waals surface area contributed by atoms with Crippen molar-refractivity contribution in [3.05, 3.63) is 34.9 Å². The molecule has 1 aromatic rings. The molecule has 1 saturated carbocycles. The normalized spacial score (nSPS) is 27.6. The molecule has 3 atom stereocenters. The Kier molecular flexibility index (Phi) is 4.54. The van der Waals surface area contributed by atoms with Crippen molar-refractivity contribution in [3.8, 4) is 0 Å². The highest BCUT2D eigenvalue weighted by atomic mass is 35.5. The van der Waals surface area contributed by atoms with E-state index in [0.717, 1.165) is 12.8 Å². The highest BCUT2D eigenvalue weighted by Crippen LogP contribution is 2.33. The van der Waals surface area contributed by atoms with Gasteiger partial charge in [-0.15, -0.1) is 0 Å². The maximum atomic E-state index is 12.5. The zero-order valence-electron chi connectivity index (χ0n) is 11.3. The van der Waals surface area contributed by atoms with Gasteiger partial charge in [-0.05, 0) is 37.4 Å². The van der Waals surface area contributed by atoms with Crippen LogP contribution in [0.1, 0.15) is 25.3 Å². The van der Waals surface area contributed by atoms with Crippen molar-refractivity contribution < 1.29 is 8.42 Å². The molecule has 0 heterocycles. The van der Waals surface area contributed by atoms with E-state index in [1.54, 1.807) is 12.1 Å². The molecule has 3 unspecified atom stereocenters. The molecule has 0 saturated heterocycles. The van der Waals surface area contributed by atoms with Gasteiger partial charge in [-0.1, -0.05) is 36.7 Å². The van der Waals surface area contributed by atoms with E-state index in [4.69, 9.17) is 11.6 Å². The minimum Gasteiger partial charge on any atom is -0.317 e. The predicted molar refractivity (Wildman–Crippen MR) is 79.1 cm³/mol. The Morgan fingerprint density at radius 2 is 2.00 bits per heavy atom. The molecule has 1 aliphatic carbocycles. The average Bonchev–Trinajstić information content (AvgIpc) is 2.74. The van der Waals surface area contributed by atoms with Gasteiger partial charge in [-0.3, -0.25) is 0 Å². The Balaban J connectivity index is 2.18. The van der Waals surface area contributed by atoms with Crippen LogP contribution in [0.15, 0.2) is 24.3 Å². The van der Waals surface area contributed by atoms with Gasteiger partial charge >= 0.3 is 0 Å². The predicted octanol–water partition coefficient (Wildman–Crippen LogP) is 2.64. The van der Waals surface area contributed by atoms with Crippen LogP contribution in [-0.2, 0) is 15.6 Å². The van der Waals surface area contributed by atoms with Crippen molar-refractivity contribution in [2.24, 2.45) is 5.92 Å². The van der Waals surface area contributed by atoms with Gasteiger partial charge in [0, 0.05) is 11.1 Å². The van der Waals surface area contributed by atoms with Crippen LogP contribution in [0.3, 0.4) is 0 Å². The van der Waals surface area contributed by atoms with Crippen LogP contribution in [0.5, 0.6) is 0 Å². The zero-order valence-corrected chi connectivity index (χ0v) is 12.8. The number of hydrogen-bond acceptors (Lipinski definition) is 3. The molecule has 0 aromatic heterocycles. The molecule has 0 radical (unpaired) electrons. The molecule has 0 bridgehead atoms. The highest BCUT2D eigenvalue weighted by molar-refractivity contribution is 7.91. The number of nitrogens with one attached hydrogen (secondary N) is 1. The van der Waals surface area contributed by atoms with Crippen molar-refractivity contribution in [1.82, 2.24) is 5.32 Å². The number of sulfone groups is 1. The molecule has 1 aromatic carbocycles. The van der Waals surface area contributed by atoms with E-state index >= 15 is 0 Å². The summed E-state index contributed by atoms with van der Waals surface area (Å²) < 4.78 is 25.1. The van der Waals surface area contributed by atoms with Crippen LogP contribution in [0.2, 0.25) is 5.02 Å². The summed E-state index contributed by atoms with van der Waals surface area (Å²) in [7, 11) is -1.26. The maximum absolute atomic E-state index is 12.5. The topological polar surface area (TPSA) is 46.2 Å². The standard InChI is InChI=1S/C14H20ClNO2S/c1-10-13(16-2)7-8-14(10)19(17,18)9-11-5-3-4-6-12(11)15/h3-6,10,13-14,16H,7-9H2,1-2H3. The minimum atomic E-state index is -3.15. The second kappa shape index (κ2) is 5.81. The Morgan fingerprint density at radius 3 is 2.58 bits per heavy atom. The van der Waals surface area contributed by atoms with Gasteiger partial charge in [0.1, 0.15) is 0 Å². The molecule has 1 fully saturated rings. The smallest absolute Gasteiger partial charge is 0.157 e. The van der Waals surface area contributed by atoms with Crippen LogP contribution in [-0.4, -0.2) is 26.8 Å². The van der Waals surface area contributed by atoms with Crippen LogP contribution in [0.25, 0.3) is 0 Å². The molecule has 5 heteroatoms. The van der Waals surface area contributed by atoms with Gasteiger partial charge in [0.05, 0.1) is 11.0 Å². The third-order valence-corrected chi connectivity index (χ3v) is 6.80. The van der Waals surface area contributed by atoms with Crippen molar-refractivity contribution in [3.63, 3.8) is 0 Å². The molecule has 3 nitrogen and oxygen atoms in total. The lowest BCUT2D eigenvalue weighted by atomic mass is 10.1. The van der Waals surface area contributed by atoms with E-state index in [2.05, 4.69) is 5.32 Å². The summed E-state index contributed by atoms with van der Waals surface area (Å²) in [6, 6.07) is 7.46. The van der Waals surface area contributed by atoms with Crippen molar-refractivity contribution in [2.75, 3.05) is 7.05 Å². The first kappa shape index (κ1) is 14.8. The summed E-state index contributed by atoms with van der Waals surface area (Å²) in [6.45, 7) is 2.02. The van der Waals surface area contributed by atoms with Crippen LogP contribution in [0, 0.1) is 5.92 Å². The van der Waals surface area contributed by atoms with Crippen molar-refractivity contribution >= 4 is 21.4 Å². The van der Waals surface area contributed by atoms with E-state index in [1.807, 2.05) is 26.1 Å². The minimum absolute atomic E-state index is 0.0398. The van der Waals surface area contributed by atoms with Gasteiger partial charge in [0.2, 0.25) is 0 Å². The fourth-order valence-electron chi connectivity index (χ4n) is 2.98. The Labute approximate surface area is 120 Å². The van der Waals surface area contributed by atoms with Gasteiger partial charge in [0.15, 0.2) is 9.84 Å². The number of benzene rings is 1. The average molecular weight is 302 g/mol. The van der Waals surface area contributed by atoms with Gasteiger partial charge in [-0.25, -0.2) is 8.42 Å². The lowest BCUT2D eigenvalue weighted by Crippen LogP contribution is -2.34. The third kappa shape index (κ3) is 3.12. The highest BCUT2D eigenvalue weighted by Gasteiger charge is 2.40. The second-order valence-electron chi connectivity index (χ2n) is 5.27. The van der Waals surface area contributed by atoms with E-state index in [1.165, 1.54) is 0 Å². The Morgan fingerprint density at radius 1 is 1.32 bits per heavy atom. The summed E-state index contributed by atoms with van der Waals surface area (Å²) in [5.74, 6) is 0.190. The van der Waals surface area contributed by atoms with Gasteiger partial charge in [-0.2, -0.15) is 0 Å². The Hall–Kier alpha value is -0.580. The number of halogens is 1. The lowest BCUT2D eigenvalue weighted by molar-refractivity contribution is 0.453. The molecular weight excluding hydrogens is 282 g/mol. The largest absolute Gasteiger partial charge is 0.317 e. The molecular formula is C14H20ClNO2S. The molecule has 0 aliphatic heterocycles. The van der Waals surface area contributed by atoms with Crippen LogP contribution < -0.4 is 5.32 Å². The number of hydrogen-bond donors (Lipinski definition) is 1. The first-order valence-corrected chi connectivity index (χ1v) is 8.67. The van der Waals surface area contributed by atoms with Crippen LogP contribution in [0.4, 0.5) is 0 Å². The molecule has 0 amide bonds. The third-order valence-electron chi connectivity index (χ3n) is 4.13. The molecule has 106 valence electrons. The SMILES string of the molecule is CNC1CCC(S(=O)(=O)Cc2ccccc2Cl)C1C. The summed E-state index contributed by atoms with van der Waals surface area (Å²) in [5, 5.41) is 3.47. The van der Waals surface area contributed by atoms with E-state index in [0.29, 0.717) is 16.6 Å². The molecule has 2 rings (SSSR count). The van der Waals surface area contributed by atoms with E-state index < -0.39 is 9.84 Å². The maximum Gasteiger partial charge on any atom is 0.157 e. The fourth-order valence-corrected chi connectivity index (χ4v) is 5.50. The van der Waals surface area contributed by atoms with Crippen molar-refractivity contribution in [2.45, 2.75) is 36.8 Å². The van der Waals surface area contributed by atoms with Crippen molar-refractivity contribution in [1.29, 1.82) is 0 Å². The first-order valence-electron chi connectivity index (χ1n) is 6.58. The van der Waals surface area contributed by atoms with E-state index in [-0.39, 0.29) is 16.9 Å². The summed E-state index contributed by atoms with van der Waals surface area (Å²) in [5.41, 5.74) is 0.698. The molecule has 1 aliphatic rings. The summed E-state index contributed by atoms with van der Waals surface area (Å²) in [6.07, 6.45) is 1.66. The zero-order chi connectivity index (χ0) is 14.0. The monoisotopic (exact) mass is 301 g/mol. The molecule has 0 spiro atoms. The van der Waals surface area contributed by atoms with Crippen LogP contribution >= 0.6 is 11.6 Å².